The first kappa shape index (κ1) is 12.3. The van der Waals surface area contributed by atoms with Crippen molar-refractivity contribution in [2.24, 2.45) is 17.8 Å². The highest BCUT2D eigenvalue weighted by molar-refractivity contribution is 5.36. The van der Waals surface area contributed by atoms with Crippen LogP contribution in [0, 0.1) is 17.8 Å². The summed E-state index contributed by atoms with van der Waals surface area (Å²) in [6, 6.07) is 0. The molecule has 0 saturated heterocycles. The van der Waals surface area contributed by atoms with Gasteiger partial charge in [0.1, 0.15) is 0 Å². The van der Waals surface area contributed by atoms with E-state index in [1.807, 2.05) is 0 Å². The van der Waals surface area contributed by atoms with Crippen LogP contribution in [0.4, 0.5) is 0 Å². The number of hydrogen-bond donors (Lipinski definition) is 0. The van der Waals surface area contributed by atoms with Crippen LogP contribution in [0.1, 0.15) is 40.5 Å². The zero-order chi connectivity index (χ0) is 11.4. The molecule has 2 unspecified atom stereocenters. The third-order valence-electron chi connectivity index (χ3n) is 3.39. The molecule has 0 aromatic heterocycles. The Morgan fingerprint density at radius 3 is 2.53 bits per heavy atom. The van der Waals surface area contributed by atoms with E-state index < -0.39 is 0 Å². The van der Waals surface area contributed by atoms with E-state index in [4.69, 9.17) is 0 Å². The molecule has 0 N–H and O–H groups in total. The van der Waals surface area contributed by atoms with Gasteiger partial charge in [-0.25, -0.2) is 0 Å². The fourth-order valence-electron chi connectivity index (χ4n) is 2.62. The minimum Gasteiger partial charge on any atom is -0.0988 e. The predicted molar refractivity (Wildman–Crippen MR) is 68.8 cm³/mol. The molecule has 0 amide bonds. The van der Waals surface area contributed by atoms with Crippen LogP contribution in [0.3, 0.4) is 0 Å². The predicted octanol–water partition coefficient (Wildman–Crippen LogP) is 4.75. The Kier molecular flexibility index (Phi) is 4.38. The lowest BCUT2D eigenvalue weighted by Gasteiger charge is -2.32. The highest BCUT2D eigenvalue weighted by Gasteiger charge is 2.26. The van der Waals surface area contributed by atoms with Gasteiger partial charge in [0.25, 0.3) is 0 Å². The van der Waals surface area contributed by atoms with Gasteiger partial charge in [0.05, 0.1) is 0 Å². The van der Waals surface area contributed by atoms with Crippen LogP contribution in [0.25, 0.3) is 0 Å². The van der Waals surface area contributed by atoms with Gasteiger partial charge < -0.3 is 0 Å². The maximum Gasteiger partial charge on any atom is -0.0134 e. The fourth-order valence-corrected chi connectivity index (χ4v) is 2.62. The minimum absolute atomic E-state index is 0.720. The number of hydrogen-bond acceptors (Lipinski definition) is 0. The lowest BCUT2D eigenvalue weighted by molar-refractivity contribution is 0.331. The lowest BCUT2D eigenvalue weighted by Crippen LogP contribution is -2.21. The Balaban J connectivity index is 3.08. The van der Waals surface area contributed by atoms with Crippen LogP contribution in [-0.4, -0.2) is 0 Å². The molecule has 1 rings (SSSR count). The topological polar surface area (TPSA) is 0 Å². The van der Waals surface area contributed by atoms with E-state index in [-0.39, 0.29) is 0 Å². The van der Waals surface area contributed by atoms with Crippen molar-refractivity contribution in [1.82, 2.24) is 0 Å². The van der Waals surface area contributed by atoms with E-state index in [9.17, 15) is 0 Å². The van der Waals surface area contributed by atoms with Crippen LogP contribution in [0.15, 0.2) is 36.0 Å². The van der Waals surface area contributed by atoms with Crippen LogP contribution < -0.4 is 0 Å². The zero-order valence-electron chi connectivity index (χ0n) is 10.6. The Bertz CT molecular complexity index is 278. The average molecular weight is 204 g/mol. The molecule has 0 heterocycles. The van der Waals surface area contributed by atoms with E-state index in [0.717, 1.165) is 17.8 Å². The summed E-state index contributed by atoms with van der Waals surface area (Å²) in [5.41, 5.74) is 2.99. The van der Waals surface area contributed by atoms with Gasteiger partial charge in [-0.15, -0.1) is 0 Å². The Morgan fingerprint density at radius 2 is 2.07 bits per heavy atom. The molecule has 0 bridgehead atoms. The summed E-state index contributed by atoms with van der Waals surface area (Å²) in [7, 11) is 0. The monoisotopic (exact) mass is 204 g/mol. The standard InChI is InChI=1S/C15H24/c1-6-8-14-13(7-2)9-12(5)10-15(14)11(3)4/h6-8,11-12,15H,2,9-10H2,1,3-5H3/b8-6-. The number of rotatable bonds is 3. The van der Waals surface area contributed by atoms with Crippen molar-refractivity contribution in [2.45, 2.75) is 40.5 Å². The normalized spacial score (nSPS) is 27.8. The van der Waals surface area contributed by atoms with Gasteiger partial charge in [-0.1, -0.05) is 45.6 Å². The Labute approximate surface area is 94.8 Å². The fraction of sp³-hybridized carbons (Fsp3) is 0.600. The van der Waals surface area contributed by atoms with Crippen molar-refractivity contribution >= 4 is 0 Å². The second kappa shape index (κ2) is 5.34. The van der Waals surface area contributed by atoms with Crippen molar-refractivity contribution in [1.29, 1.82) is 0 Å². The van der Waals surface area contributed by atoms with E-state index >= 15 is 0 Å². The third-order valence-corrected chi connectivity index (χ3v) is 3.39. The van der Waals surface area contributed by atoms with Crippen LogP contribution >= 0.6 is 0 Å². The highest BCUT2D eigenvalue weighted by Crippen LogP contribution is 2.38. The molecule has 0 nitrogen and oxygen atoms in total. The first-order chi connectivity index (χ1) is 7.10. The maximum absolute atomic E-state index is 3.95. The summed E-state index contributed by atoms with van der Waals surface area (Å²) in [6.45, 7) is 13.1. The second-order valence-corrected chi connectivity index (χ2v) is 5.08. The summed E-state index contributed by atoms with van der Waals surface area (Å²) in [5, 5.41) is 0. The SMILES string of the molecule is C=CC1=C(/C=C\C)C(C(C)C)CC(C)C1. The van der Waals surface area contributed by atoms with Crippen LogP contribution in [0.5, 0.6) is 0 Å². The summed E-state index contributed by atoms with van der Waals surface area (Å²) < 4.78 is 0. The molecule has 15 heavy (non-hydrogen) atoms. The molecule has 1 aliphatic carbocycles. The Morgan fingerprint density at radius 1 is 1.40 bits per heavy atom. The molecule has 1 aliphatic rings. The molecule has 2 atom stereocenters. The van der Waals surface area contributed by atoms with Gasteiger partial charge >= 0.3 is 0 Å². The molecule has 84 valence electrons. The molecule has 0 fully saturated rings. The van der Waals surface area contributed by atoms with Gasteiger partial charge in [0, 0.05) is 0 Å². The van der Waals surface area contributed by atoms with E-state index in [1.54, 1.807) is 0 Å². The summed E-state index contributed by atoms with van der Waals surface area (Å²) >= 11 is 0. The van der Waals surface area contributed by atoms with Crippen molar-refractivity contribution in [3.63, 3.8) is 0 Å². The van der Waals surface area contributed by atoms with Crippen molar-refractivity contribution < 1.29 is 0 Å². The second-order valence-electron chi connectivity index (χ2n) is 5.08. The first-order valence-electron chi connectivity index (χ1n) is 6.08. The molecule has 0 aromatic rings. The minimum atomic E-state index is 0.720. The third kappa shape index (κ3) is 2.84. The number of allylic oxidation sites excluding steroid dienone is 5. The summed E-state index contributed by atoms with van der Waals surface area (Å²) in [6.07, 6.45) is 9.03. The molecule has 0 saturated carbocycles. The quantitative estimate of drug-likeness (QED) is 0.622. The van der Waals surface area contributed by atoms with Gasteiger partial charge in [0.2, 0.25) is 0 Å². The molecule has 0 radical (unpaired) electrons. The van der Waals surface area contributed by atoms with Gasteiger partial charge in [0.15, 0.2) is 0 Å². The van der Waals surface area contributed by atoms with Crippen molar-refractivity contribution in [3.8, 4) is 0 Å². The van der Waals surface area contributed by atoms with E-state index in [0.29, 0.717) is 0 Å². The smallest absolute Gasteiger partial charge is 0.0134 e. The summed E-state index contributed by atoms with van der Waals surface area (Å²) in [4.78, 5) is 0. The summed E-state index contributed by atoms with van der Waals surface area (Å²) in [5.74, 6) is 2.26. The highest BCUT2D eigenvalue weighted by atomic mass is 14.3. The Hall–Kier alpha value is -0.780. The van der Waals surface area contributed by atoms with Crippen LogP contribution in [0.2, 0.25) is 0 Å². The zero-order valence-corrected chi connectivity index (χ0v) is 10.6. The van der Waals surface area contributed by atoms with Crippen molar-refractivity contribution in [3.05, 3.63) is 36.0 Å². The maximum atomic E-state index is 3.95. The van der Waals surface area contributed by atoms with Crippen LogP contribution in [-0.2, 0) is 0 Å². The molecular formula is C15H24. The van der Waals surface area contributed by atoms with E-state index in [1.165, 1.54) is 24.0 Å². The first-order valence-corrected chi connectivity index (χ1v) is 6.08. The average Bonchev–Trinajstić information content (AvgIpc) is 2.19. The molecule has 0 aromatic carbocycles. The molecule has 0 spiro atoms. The van der Waals surface area contributed by atoms with Gasteiger partial charge in [-0.2, -0.15) is 0 Å². The van der Waals surface area contributed by atoms with Crippen molar-refractivity contribution in [2.75, 3.05) is 0 Å². The lowest BCUT2D eigenvalue weighted by atomic mass is 9.72. The van der Waals surface area contributed by atoms with Gasteiger partial charge in [-0.3, -0.25) is 0 Å². The molecule has 0 aliphatic heterocycles. The van der Waals surface area contributed by atoms with E-state index in [2.05, 4.69) is 52.5 Å². The largest absolute Gasteiger partial charge is 0.0988 e. The van der Waals surface area contributed by atoms with Gasteiger partial charge in [-0.05, 0) is 48.7 Å². The molecule has 0 heteroatoms. The molecular weight excluding hydrogens is 180 g/mol.